The van der Waals surface area contributed by atoms with Crippen molar-refractivity contribution in [2.75, 3.05) is 13.6 Å². The van der Waals surface area contributed by atoms with E-state index in [1.165, 1.54) is 15.0 Å². The fourth-order valence-electron chi connectivity index (χ4n) is 2.19. The van der Waals surface area contributed by atoms with Gasteiger partial charge >= 0.3 is 0 Å². The minimum absolute atomic E-state index is 0.273. The number of fused-ring (bicyclic) bond motifs is 1. The van der Waals surface area contributed by atoms with Crippen LogP contribution in [0.4, 0.5) is 0 Å². The van der Waals surface area contributed by atoms with Gasteiger partial charge in [-0.05, 0) is 32.0 Å². The second-order valence-electron chi connectivity index (χ2n) is 5.77. The molecular weight excluding hydrogens is 288 g/mol. The standard InChI is InChI=1S/C16H23ClN2S/c1-11(2)13(18)8-9-19(3)10-15-16(17)12-6-4-5-7-14(12)20-15/h4-7,11,13H,8-10,18H2,1-3H3. The van der Waals surface area contributed by atoms with Gasteiger partial charge in [0.1, 0.15) is 0 Å². The van der Waals surface area contributed by atoms with Gasteiger partial charge in [-0.2, -0.15) is 0 Å². The van der Waals surface area contributed by atoms with E-state index in [4.69, 9.17) is 17.3 Å². The maximum Gasteiger partial charge on any atom is 0.0637 e. The molecule has 0 saturated carbocycles. The molecule has 2 nitrogen and oxygen atoms in total. The van der Waals surface area contributed by atoms with Crippen LogP contribution in [0.3, 0.4) is 0 Å². The van der Waals surface area contributed by atoms with Crippen LogP contribution in [-0.4, -0.2) is 24.5 Å². The molecule has 0 radical (unpaired) electrons. The molecule has 0 aliphatic carbocycles. The maximum absolute atomic E-state index is 6.47. The fourth-order valence-corrected chi connectivity index (χ4v) is 3.77. The first-order valence-corrected chi connectivity index (χ1v) is 8.28. The molecule has 0 spiro atoms. The molecule has 0 aliphatic heterocycles. The highest BCUT2D eigenvalue weighted by Gasteiger charge is 2.13. The Balaban J connectivity index is 1.99. The van der Waals surface area contributed by atoms with Gasteiger partial charge in [0.15, 0.2) is 0 Å². The summed E-state index contributed by atoms with van der Waals surface area (Å²) in [5.41, 5.74) is 6.10. The Morgan fingerprint density at radius 3 is 2.65 bits per heavy atom. The van der Waals surface area contributed by atoms with E-state index in [0.29, 0.717) is 5.92 Å². The lowest BCUT2D eigenvalue weighted by Crippen LogP contribution is -2.31. The number of hydrogen-bond donors (Lipinski definition) is 1. The lowest BCUT2D eigenvalue weighted by atomic mass is 10.0. The summed E-state index contributed by atoms with van der Waals surface area (Å²) < 4.78 is 1.26. The molecule has 20 heavy (non-hydrogen) atoms. The average Bonchev–Trinajstić information content (AvgIpc) is 2.73. The van der Waals surface area contributed by atoms with E-state index < -0.39 is 0 Å². The van der Waals surface area contributed by atoms with Gasteiger partial charge in [-0.15, -0.1) is 11.3 Å². The minimum atomic E-state index is 0.273. The van der Waals surface area contributed by atoms with E-state index in [-0.39, 0.29) is 6.04 Å². The molecule has 0 amide bonds. The van der Waals surface area contributed by atoms with Crippen LogP contribution >= 0.6 is 22.9 Å². The van der Waals surface area contributed by atoms with Crippen LogP contribution in [0, 0.1) is 5.92 Å². The van der Waals surface area contributed by atoms with E-state index in [9.17, 15) is 0 Å². The highest BCUT2D eigenvalue weighted by molar-refractivity contribution is 7.19. The summed E-state index contributed by atoms with van der Waals surface area (Å²) in [6, 6.07) is 8.59. The molecule has 0 fully saturated rings. The summed E-state index contributed by atoms with van der Waals surface area (Å²) >= 11 is 8.26. The quantitative estimate of drug-likeness (QED) is 0.859. The van der Waals surface area contributed by atoms with Gasteiger partial charge in [0.05, 0.1) is 5.02 Å². The Morgan fingerprint density at radius 2 is 2.00 bits per heavy atom. The molecule has 0 aliphatic rings. The number of nitrogens with two attached hydrogens (primary N) is 1. The Bertz CT molecular complexity index is 565. The molecule has 0 saturated heterocycles. The number of hydrogen-bond acceptors (Lipinski definition) is 3. The van der Waals surface area contributed by atoms with E-state index in [0.717, 1.165) is 24.5 Å². The summed E-state index contributed by atoms with van der Waals surface area (Å²) in [4.78, 5) is 3.55. The van der Waals surface area contributed by atoms with Crippen molar-refractivity contribution in [3.8, 4) is 0 Å². The molecule has 0 bridgehead atoms. The van der Waals surface area contributed by atoms with E-state index >= 15 is 0 Å². The topological polar surface area (TPSA) is 29.3 Å². The Morgan fingerprint density at radius 1 is 1.30 bits per heavy atom. The van der Waals surface area contributed by atoms with Gasteiger partial charge < -0.3 is 10.6 Å². The Labute approximate surface area is 130 Å². The highest BCUT2D eigenvalue weighted by atomic mass is 35.5. The van der Waals surface area contributed by atoms with Gasteiger partial charge in [-0.3, -0.25) is 0 Å². The summed E-state index contributed by atoms with van der Waals surface area (Å²) in [5.74, 6) is 0.538. The van der Waals surface area contributed by atoms with Crippen molar-refractivity contribution in [3.05, 3.63) is 34.2 Å². The minimum Gasteiger partial charge on any atom is -0.327 e. The molecule has 2 aromatic rings. The lowest BCUT2D eigenvalue weighted by Gasteiger charge is -2.21. The van der Waals surface area contributed by atoms with Gasteiger partial charge in [-0.25, -0.2) is 0 Å². The number of rotatable bonds is 6. The van der Waals surface area contributed by atoms with Crippen molar-refractivity contribution < 1.29 is 0 Å². The van der Waals surface area contributed by atoms with Crippen molar-refractivity contribution in [1.29, 1.82) is 0 Å². The predicted molar refractivity (Wildman–Crippen MR) is 90.6 cm³/mol. The summed E-state index contributed by atoms with van der Waals surface area (Å²) in [6.07, 6.45) is 1.02. The van der Waals surface area contributed by atoms with Crippen LogP contribution in [0.5, 0.6) is 0 Å². The molecule has 2 N–H and O–H groups in total. The van der Waals surface area contributed by atoms with Crippen LogP contribution in [0.2, 0.25) is 5.02 Å². The van der Waals surface area contributed by atoms with E-state index in [1.54, 1.807) is 11.3 Å². The summed E-state index contributed by atoms with van der Waals surface area (Å²) in [5, 5.41) is 2.08. The number of nitrogens with zero attached hydrogens (tertiary/aromatic N) is 1. The first kappa shape index (κ1) is 15.8. The van der Waals surface area contributed by atoms with Crippen molar-refractivity contribution >= 4 is 33.0 Å². The van der Waals surface area contributed by atoms with Gasteiger partial charge in [0.2, 0.25) is 0 Å². The normalized spacial score (nSPS) is 13.6. The van der Waals surface area contributed by atoms with Crippen molar-refractivity contribution in [2.45, 2.75) is 32.9 Å². The maximum atomic E-state index is 6.47. The summed E-state index contributed by atoms with van der Waals surface area (Å²) in [6.45, 7) is 6.24. The Kier molecular flexibility index (Phi) is 5.44. The first-order valence-electron chi connectivity index (χ1n) is 7.09. The second kappa shape index (κ2) is 6.90. The van der Waals surface area contributed by atoms with Crippen LogP contribution < -0.4 is 5.73 Å². The van der Waals surface area contributed by atoms with Crippen LogP contribution in [0.1, 0.15) is 25.1 Å². The van der Waals surface area contributed by atoms with Crippen LogP contribution in [0.25, 0.3) is 10.1 Å². The summed E-state index contributed by atoms with van der Waals surface area (Å²) in [7, 11) is 2.13. The third-order valence-corrected chi connectivity index (χ3v) is 5.41. The first-order chi connectivity index (χ1) is 9.49. The molecule has 2 rings (SSSR count). The molecule has 1 aromatic carbocycles. The largest absolute Gasteiger partial charge is 0.327 e. The molecule has 1 unspecified atom stereocenters. The molecule has 4 heteroatoms. The molecule has 1 atom stereocenters. The number of halogens is 1. The van der Waals surface area contributed by atoms with E-state index in [1.807, 2.05) is 6.07 Å². The zero-order valence-electron chi connectivity index (χ0n) is 12.4. The lowest BCUT2D eigenvalue weighted by molar-refractivity contribution is 0.298. The molecule has 1 heterocycles. The smallest absolute Gasteiger partial charge is 0.0637 e. The highest BCUT2D eigenvalue weighted by Crippen LogP contribution is 2.35. The number of thiophene rings is 1. The van der Waals surface area contributed by atoms with Crippen LogP contribution in [0.15, 0.2) is 24.3 Å². The fraction of sp³-hybridized carbons (Fsp3) is 0.500. The third-order valence-electron chi connectivity index (χ3n) is 3.72. The zero-order chi connectivity index (χ0) is 14.7. The average molecular weight is 311 g/mol. The monoisotopic (exact) mass is 310 g/mol. The SMILES string of the molecule is CC(C)C(N)CCN(C)Cc1sc2ccccc2c1Cl. The number of benzene rings is 1. The van der Waals surface area contributed by atoms with E-state index in [2.05, 4.69) is 44.0 Å². The third kappa shape index (κ3) is 3.73. The van der Waals surface area contributed by atoms with Crippen LogP contribution in [-0.2, 0) is 6.54 Å². The zero-order valence-corrected chi connectivity index (χ0v) is 14.0. The second-order valence-corrected chi connectivity index (χ2v) is 7.28. The van der Waals surface area contributed by atoms with Crippen molar-refractivity contribution in [3.63, 3.8) is 0 Å². The predicted octanol–water partition coefficient (Wildman–Crippen LogP) is 4.36. The van der Waals surface area contributed by atoms with Crippen molar-refractivity contribution in [2.24, 2.45) is 11.7 Å². The molecule has 110 valence electrons. The molecule has 1 aromatic heterocycles. The van der Waals surface area contributed by atoms with Gasteiger partial charge in [0.25, 0.3) is 0 Å². The van der Waals surface area contributed by atoms with Crippen molar-refractivity contribution in [1.82, 2.24) is 4.90 Å². The van der Waals surface area contributed by atoms with Gasteiger partial charge in [-0.1, -0.05) is 43.6 Å². The Hall–Kier alpha value is -0.610. The molecular formula is C16H23ClN2S. The van der Waals surface area contributed by atoms with Gasteiger partial charge in [0, 0.05) is 27.5 Å².